The number of benzene rings is 6. The molecule has 0 spiro atoms. The molecule has 0 aliphatic rings. The van der Waals surface area contributed by atoms with Crippen LogP contribution in [0, 0.1) is 0 Å². The zero-order chi connectivity index (χ0) is 26.2. The minimum Gasteiger partial charge on any atom is -0.278 e. The molecule has 0 N–H and O–H groups in total. The fourth-order valence-corrected chi connectivity index (χ4v) is 7.35. The molecule has 0 aliphatic carbocycles. The average Bonchev–Trinajstić information content (AvgIpc) is 3.55. The van der Waals surface area contributed by atoms with Crippen molar-refractivity contribution in [2.45, 2.75) is 0 Å². The van der Waals surface area contributed by atoms with Crippen molar-refractivity contribution in [3.63, 3.8) is 0 Å². The first kappa shape index (κ1) is 21.8. The van der Waals surface area contributed by atoms with Gasteiger partial charge in [-0.2, -0.15) is 0 Å². The van der Waals surface area contributed by atoms with Gasteiger partial charge < -0.3 is 0 Å². The summed E-state index contributed by atoms with van der Waals surface area (Å²) in [5.74, 6) is 0.687. The Morgan fingerprint density at radius 2 is 1.25 bits per heavy atom. The van der Waals surface area contributed by atoms with Crippen LogP contribution in [-0.2, 0) is 0 Å². The molecule has 0 bridgehead atoms. The number of rotatable bonds is 2. The molecule has 3 aromatic heterocycles. The Labute approximate surface area is 233 Å². The highest BCUT2D eigenvalue weighted by Crippen LogP contribution is 2.43. The van der Waals surface area contributed by atoms with Crippen molar-refractivity contribution in [1.29, 1.82) is 0 Å². The van der Waals surface area contributed by atoms with E-state index in [-0.39, 0.29) is 0 Å². The van der Waals surface area contributed by atoms with E-state index in [1.54, 1.807) is 0 Å². The molecule has 0 saturated carbocycles. The lowest BCUT2D eigenvalue weighted by Gasteiger charge is -2.11. The summed E-state index contributed by atoms with van der Waals surface area (Å²) >= 11 is 1.87. The van der Waals surface area contributed by atoms with E-state index in [9.17, 15) is 0 Å². The summed E-state index contributed by atoms with van der Waals surface area (Å²) in [6.45, 7) is 0. The largest absolute Gasteiger partial charge is 0.278 e. The van der Waals surface area contributed by atoms with Gasteiger partial charge in [-0.3, -0.25) is 4.57 Å². The predicted molar refractivity (Wildman–Crippen MR) is 170 cm³/mol. The van der Waals surface area contributed by atoms with Crippen molar-refractivity contribution < 1.29 is 0 Å². The van der Waals surface area contributed by atoms with Crippen molar-refractivity contribution in [3.05, 3.63) is 127 Å². The van der Waals surface area contributed by atoms with Crippen LogP contribution in [0.4, 0.5) is 0 Å². The molecule has 0 aliphatic heterocycles. The third-order valence-electron chi connectivity index (χ3n) is 7.99. The maximum Gasteiger partial charge on any atom is 0.235 e. The maximum absolute atomic E-state index is 5.25. The van der Waals surface area contributed by atoms with Crippen LogP contribution in [0.5, 0.6) is 0 Å². The topological polar surface area (TPSA) is 30.7 Å². The van der Waals surface area contributed by atoms with E-state index in [1.807, 2.05) is 23.5 Å². The minimum atomic E-state index is 0.687. The molecule has 186 valence electrons. The monoisotopic (exact) mass is 527 g/mol. The van der Waals surface area contributed by atoms with Crippen molar-refractivity contribution in [2.75, 3.05) is 0 Å². The number of thiophene rings is 1. The van der Waals surface area contributed by atoms with Gasteiger partial charge in [-0.05, 0) is 41.1 Å². The third-order valence-corrected chi connectivity index (χ3v) is 9.11. The number of nitrogens with zero attached hydrogens (tertiary/aromatic N) is 3. The molecule has 0 radical (unpaired) electrons. The number of hydrogen-bond acceptors (Lipinski definition) is 3. The summed E-state index contributed by atoms with van der Waals surface area (Å²) in [5.41, 5.74) is 5.19. The van der Waals surface area contributed by atoms with E-state index >= 15 is 0 Å². The Bertz CT molecular complexity index is 2430. The summed E-state index contributed by atoms with van der Waals surface area (Å²) < 4.78 is 4.86. The van der Waals surface area contributed by atoms with E-state index < -0.39 is 0 Å². The molecule has 3 nitrogen and oxygen atoms in total. The molecule has 9 aromatic rings. The second kappa shape index (κ2) is 8.22. The lowest BCUT2D eigenvalue weighted by atomic mass is 10.0. The summed E-state index contributed by atoms with van der Waals surface area (Å²) in [7, 11) is 0. The second-order valence-corrected chi connectivity index (χ2v) is 11.3. The second-order valence-electron chi connectivity index (χ2n) is 10.2. The summed E-state index contributed by atoms with van der Waals surface area (Å²) in [6, 6.07) is 45.2. The standard InChI is InChI=1S/C36H21N3S/c1-2-11-23(12-3-1)35-26-15-6-8-16-29(26)37-36(38-35)39-30-17-9-7-14-25(30)27-21-33-28(20-31(27)39)34-24-13-5-4-10-22(24)18-19-32(34)40-33/h1-21H. The van der Waals surface area contributed by atoms with Gasteiger partial charge in [0.25, 0.3) is 0 Å². The van der Waals surface area contributed by atoms with E-state index in [0.717, 1.165) is 33.2 Å². The molecular weight excluding hydrogens is 506 g/mol. The number of aromatic nitrogens is 3. The van der Waals surface area contributed by atoms with E-state index in [1.165, 1.54) is 41.7 Å². The zero-order valence-corrected chi connectivity index (χ0v) is 22.2. The molecule has 40 heavy (non-hydrogen) atoms. The van der Waals surface area contributed by atoms with E-state index in [0.29, 0.717) is 5.95 Å². The fraction of sp³-hybridized carbons (Fsp3) is 0. The third kappa shape index (κ3) is 3.05. The van der Waals surface area contributed by atoms with Crippen molar-refractivity contribution in [3.8, 4) is 17.2 Å². The molecule has 0 amide bonds. The Kier molecular flexibility index (Phi) is 4.48. The van der Waals surface area contributed by atoms with Crippen LogP contribution < -0.4 is 0 Å². The predicted octanol–water partition coefficient (Wildman–Crippen LogP) is 9.91. The maximum atomic E-state index is 5.25. The van der Waals surface area contributed by atoms with Gasteiger partial charge in [-0.1, -0.05) is 97.1 Å². The van der Waals surface area contributed by atoms with Gasteiger partial charge in [0, 0.05) is 41.9 Å². The van der Waals surface area contributed by atoms with Crippen LogP contribution in [0.2, 0.25) is 0 Å². The van der Waals surface area contributed by atoms with Crippen LogP contribution in [-0.4, -0.2) is 14.5 Å². The van der Waals surface area contributed by atoms with Crippen molar-refractivity contribution in [1.82, 2.24) is 14.5 Å². The average molecular weight is 528 g/mol. The SMILES string of the molecule is c1ccc(-c2nc(-n3c4ccccc4c4cc5sc6ccc7ccccc7c6c5cc43)nc3ccccc23)cc1. The Balaban J connectivity index is 1.44. The van der Waals surface area contributed by atoms with Crippen molar-refractivity contribution >= 4 is 75.0 Å². The van der Waals surface area contributed by atoms with Crippen LogP contribution in [0.15, 0.2) is 127 Å². The van der Waals surface area contributed by atoms with Gasteiger partial charge >= 0.3 is 0 Å². The zero-order valence-electron chi connectivity index (χ0n) is 21.4. The normalized spacial score (nSPS) is 12.0. The highest BCUT2D eigenvalue weighted by atomic mass is 32.1. The highest BCUT2D eigenvalue weighted by molar-refractivity contribution is 7.26. The first-order chi connectivity index (χ1) is 19.8. The molecule has 6 aromatic carbocycles. The molecule has 9 rings (SSSR count). The van der Waals surface area contributed by atoms with Gasteiger partial charge in [0.1, 0.15) is 0 Å². The van der Waals surface area contributed by atoms with Crippen LogP contribution in [0.25, 0.3) is 80.9 Å². The Morgan fingerprint density at radius 1 is 0.500 bits per heavy atom. The van der Waals surface area contributed by atoms with Crippen molar-refractivity contribution in [2.24, 2.45) is 0 Å². The molecule has 0 atom stereocenters. The van der Waals surface area contributed by atoms with Crippen LogP contribution in [0.1, 0.15) is 0 Å². The van der Waals surface area contributed by atoms with Gasteiger partial charge in [0.15, 0.2) is 0 Å². The fourth-order valence-electron chi connectivity index (χ4n) is 6.20. The Morgan fingerprint density at radius 3 is 2.15 bits per heavy atom. The number of fused-ring (bicyclic) bond motifs is 9. The summed E-state index contributed by atoms with van der Waals surface area (Å²) in [5, 5.41) is 8.63. The van der Waals surface area contributed by atoms with E-state index in [2.05, 4.69) is 120 Å². The summed E-state index contributed by atoms with van der Waals surface area (Å²) in [6.07, 6.45) is 0. The molecule has 0 saturated heterocycles. The molecule has 0 fully saturated rings. The quantitative estimate of drug-likeness (QED) is 0.224. The Hall–Kier alpha value is -5.06. The van der Waals surface area contributed by atoms with Crippen LogP contribution in [0.3, 0.4) is 0 Å². The smallest absolute Gasteiger partial charge is 0.235 e. The number of para-hydroxylation sites is 2. The minimum absolute atomic E-state index is 0.687. The molecule has 0 unspecified atom stereocenters. The van der Waals surface area contributed by atoms with Gasteiger partial charge in [-0.15, -0.1) is 11.3 Å². The lowest BCUT2D eigenvalue weighted by Crippen LogP contribution is -2.03. The first-order valence-electron chi connectivity index (χ1n) is 13.4. The summed E-state index contributed by atoms with van der Waals surface area (Å²) in [4.78, 5) is 10.4. The van der Waals surface area contributed by atoms with Gasteiger partial charge in [0.05, 0.1) is 22.2 Å². The highest BCUT2D eigenvalue weighted by Gasteiger charge is 2.19. The number of hydrogen-bond donors (Lipinski definition) is 0. The van der Waals surface area contributed by atoms with Gasteiger partial charge in [0.2, 0.25) is 5.95 Å². The molecule has 4 heteroatoms. The molecular formula is C36H21N3S. The van der Waals surface area contributed by atoms with Gasteiger partial charge in [-0.25, -0.2) is 9.97 Å². The lowest BCUT2D eigenvalue weighted by molar-refractivity contribution is 1.01. The molecule has 3 heterocycles. The van der Waals surface area contributed by atoms with E-state index in [4.69, 9.17) is 9.97 Å². The van der Waals surface area contributed by atoms with Crippen LogP contribution >= 0.6 is 11.3 Å². The first-order valence-corrected chi connectivity index (χ1v) is 14.2.